The average molecular weight is 309 g/mol. The number of nitrogens with one attached hydrogen (secondary N) is 2. The van der Waals surface area contributed by atoms with Crippen molar-refractivity contribution in [1.82, 2.24) is 10.3 Å². The largest absolute Gasteiger partial charge is 0.381 e. The van der Waals surface area contributed by atoms with Crippen molar-refractivity contribution < 1.29 is 14.3 Å². The van der Waals surface area contributed by atoms with E-state index in [2.05, 4.69) is 22.2 Å². The minimum Gasteiger partial charge on any atom is -0.381 e. The summed E-state index contributed by atoms with van der Waals surface area (Å²) >= 11 is 1.51. The van der Waals surface area contributed by atoms with Gasteiger partial charge in [0.2, 0.25) is 11.8 Å². The Hall–Kier alpha value is -1.73. The molecule has 114 valence electrons. The van der Waals surface area contributed by atoms with Crippen molar-refractivity contribution in [2.75, 3.05) is 25.1 Å². The predicted molar refractivity (Wildman–Crippen MR) is 81.4 cm³/mol. The molecule has 0 spiro atoms. The molecule has 0 unspecified atom stereocenters. The Balaban J connectivity index is 1.77. The molecular weight excluding hydrogens is 290 g/mol. The Morgan fingerprint density at radius 2 is 2.24 bits per heavy atom. The van der Waals surface area contributed by atoms with Gasteiger partial charge in [-0.25, -0.2) is 4.98 Å². The van der Waals surface area contributed by atoms with Crippen molar-refractivity contribution in [2.24, 2.45) is 0 Å². The lowest BCUT2D eigenvalue weighted by Crippen LogP contribution is -2.25. The molecule has 0 atom stereocenters. The van der Waals surface area contributed by atoms with Gasteiger partial charge in [-0.1, -0.05) is 6.58 Å². The fourth-order valence-corrected chi connectivity index (χ4v) is 3.07. The number of aromatic nitrogens is 1. The zero-order valence-corrected chi connectivity index (χ0v) is 12.6. The second-order valence-electron chi connectivity index (χ2n) is 4.75. The fraction of sp³-hybridized carbons (Fsp3) is 0.500. The van der Waals surface area contributed by atoms with Gasteiger partial charge in [0.1, 0.15) is 0 Å². The molecule has 0 saturated carbocycles. The van der Waals surface area contributed by atoms with Gasteiger partial charge >= 0.3 is 0 Å². The van der Waals surface area contributed by atoms with Crippen LogP contribution in [0.2, 0.25) is 0 Å². The number of hydrogen-bond acceptors (Lipinski definition) is 5. The van der Waals surface area contributed by atoms with Gasteiger partial charge in [-0.2, -0.15) is 0 Å². The van der Waals surface area contributed by atoms with Crippen LogP contribution < -0.4 is 10.6 Å². The third kappa shape index (κ3) is 4.95. The molecule has 1 aromatic rings. The minimum absolute atomic E-state index is 0.160. The molecule has 1 aliphatic rings. The first-order chi connectivity index (χ1) is 10.2. The maximum atomic E-state index is 11.7. The van der Waals surface area contributed by atoms with E-state index < -0.39 is 0 Å². The van der Waals surface area contributed by atoms with Gasteiger partial charge in [0.15, 0.2) is 5.13 Å². The number of hydrogen-bond donors (Lipinski definition) is 2. The molecule has 2 heterocycles. The molecule has 0 aromatic carbocycles. The summed E-state index contributed by atoms with van der Waals surface area (Å²) in [6.07, 6.45) is 5.23. The van der Waals surface area contributed by atoms with Crippen LogP contribution >= 0.6 is 11.3 Å². The van der Waals surface area contributed by atoms with Crippen LogP contribution in [-0.2, 0) is 14.3 Å². The first kappa shape index (κ1) is 15.7. The molecular formula is C14H19N3O3S. The van der Waals surface area contributed by atoms with E-state index >= 15 is 0 Å². The molecule has 0 aliphatic carbocycles. The predicted octanol–water partition coefficient (Wildman–Crippen LogP) is 1.67. The minimum atomic E-state index is -0.279. The summed E-state index contributed by atoms with van der Waals surface area (Å²) in [6, 6.07) is 0. The number of rotatable bonds is 6. The van der Waals surface area contributed by atoms with E-state index in [0.717, 1.165) is 26.1 Å². The lowest BCUT2D eigenvalue weighted by atomic mass is 9.99. The molecule has 1 aromatic heterocycles. The van der Waals surface area contributed by atoms with Crippen molar-refractivity contribution in [2.45, 2.75) is 25.2 Å². The first-order valence-electron chi connectivity index (χ1n) is 6.92. The molecule has 2 N–H and O–H groups in total. The van der Waals surface area contributed by atoms with Crippen molar-refractivity contribution in [3.05, 3.63) is 23.7 Å². The zero-order chi connectivity index (χ0) is 15.1. The van der Waals surface area contributed by atoms with Crippen molar-refractivity contribution in [1.29, 1.82) is 0 Å². The van der Waals surface area contributed by atoms with E-state index in [1.165, 1.54) is 22.3 Å². The van der Waals surface area contributed by atoms with Gasteiger partial charge in [-0.15, -0.1) is 11.3 Å². The third-order valence-electron chi connectivity index (χ3n) is 3.23. The number of anilines is 1. The zero-order valence-electron chi connectivity index (χ0n) is 11.8. The number of carbonyl (C=O) groups excluding carboxylic acids is 2. The number of thiazole rings is 1. The number of amides is 2. The molecule has 21 heavy (non-hydrogen) atoms. The van der Waals surface area contributed by atoms with E-state index in [1.807, 2.05) is 6.20 Å². The Morgan fingerprint density at radius 1 is 1.48 bits per heavy atom. The van der Waals surface area contributed by atoms with Crippen LogP contribution in [0.1, 0.15) is 30.1 Å². The summed E-state index contributed by atoms with van der Waals surface area (Å²) in [5, 5.41) is 5.92. The van der Waals surface area contributed by atoms with Crippen LogP contribution in [0.4, 0.5) is 5.13 Å². The monoisotopic (exact) mass is 309 g/mol. The highest BCUT2D eigenvalue weighted by Gasteiger charge is 2.18. The van der Waals surface area contributed by atoms with Gasteiger partial charge in [-0.3, -0.25) is 9.59 Å². The molecule has 1 fully saturated rings. The van der Waals surface area contributed by atoms with Crippen LogP contribution in [0.3, 0.4) is 0 Å². The lowest BCUT2D eigenvalue weighted by molar-refractivity contribution is -0.117. The molecule has 2 amide bonds. The van der Waals surface area contributed by atoms with Crippen molar-refractivity contribution in [3.8, 4) is 0 Å². The standard InChI is InChI=1S/C14H19N3O3S/c1-2-12(18)15-6-3-13(19)17-14-16-9-11(21-14)10-4-7-20-8-5-10/h2,9-10H,1,3-8H2,(H,15,18)(H,16,17,19). The van der Waals surface area contributed by atoms with E-state index in [0.29, 0.717) is 11.0 Å². The van der Waals surface area contributed by atoms with Crippen LogP contribution in [0.25, 0.3) is 0 Å². The van der Waals surface area contributed by atoms with Gasteiger partial charge in [0.05, 0.1) is 0 Å². The van der Waals surface area contributed by atoms with Crippen LogP contribution in [0, 0.1) is 0 Å². The topological polar surface area (TPSA) is 80.3 Å². The summed E-state index contributed by atoms with van der Waals surface area (Å²) in [5.41, 5.74) is 0. The summed E-state index contributed by atoms with van der Waals surface area (Å²) in [7, 11) is 0. The number of carbonyl (C=O) groups is 2. The Labute approximate surface area is 127 Å². The molecule has 6 nitrogen and oxygen atoms in total. The van der Waals surface area contributed by atoms with Crippen molar-refractivity contribution >= 4 is 28.3 Å². The van der Waals surface area contributed by atoms with Gasteiger partial charge in [0, 0.05) is 37.3 Å². The maximum absolute atomic E-state index is 11.7. The highest BCUT2D eigenvalue weighted by molar-refractivity contribution is 7.15. The third-order valence-corrected chi connectivity index (χ3v) is 4.31. The van der Waals surface area contributed by atoms with Gasteiger partial charge in [-0.05, 0) is 24.8 Å². The Bertz CT molecular complexity index is 509. The smallest absolute Gasteiger partial charge is 0.243 e. The van der Waals surface area contributed by atoms with E-state index in [4.69, 9.17) is 4.74 Å². The lowest BCUT2D eigenvalue weighted by Gasteiger charge is -2.20. The van der Waals surface area contributed by atoms with Crippen molar-refractivity contribution in [3.63, 3.8) is 0 Å². The highest BCUT2D eigenvalue weighted by atomic mass is 32.1. The van der Waals surface area contributed by atoms with E-state index in [1.54, 1.807) is 0 Å². The Kier molecular flexibility index (Phi) is 5.89. The van der Waals surface area contributed by atoms with E-state index in [-0.39, 0.29) is 24.8 Å². The SMILES string of the molecule is C=CC(=O)NCCC(=O)Nc1ncc(C2CCOCC2)s1. The van der Waals surface area contributed by atoms with Gasteiger partial charge < -0.3 is 15.4 Å². The summed E-state index contributed by atoms with van der Waals surface area (Å²) in [4.78, 5) is 28.1. The van der Waals surface area contributed by atoms with Crippen LogP contribution in [0.15, 0.2) is 18.9 Å². The second-order valence-corrected chi connectivity index (χ2v) is 5.81. The first-order valence-corrected chi connectivity index (χ1v) is 7.74. The molecule has 0 bridgehead atoms. The summed E-state index contributed by atoms with van der Waals surface area (Å²) < 4.78 is 5.34. The number of nitrogens with zero attached hydrogens (tertiary/aromatic N) is 1. The second kappa shape index (κ2) is 7.90. The maximum Gasteiger partial charge on any atom is 0.243 e. The highest BCUT2D eigenvalue weighted by Crippen LogP contribution is 2.32. The van der Waals surface area contributed by atoms with Crippen LogP contribution in [-0.4, -0.2) is 36.6 Å². The van der Waals surface area contributed by atoms with Gasteiger partial charge in [0.25, 0.3) is 0 Å². The molecule has 0 radical (unpaired) electrons. The van der Waals surface area contributed by atoms with E-state index in [9.17, 15) is 9.59 Å². The van der Waals surface area contributed by atoms with Crippen LogP contribution in [0.5, 0.6) is 0 Å². The Morgan fingerprint density at radius 3 is 2.95 bits per heavy atom. The summed E-state index contributed by atoms with van der Waals surface area (Å²) in [6.45, 7) is 5.20. The molecule has 1 saturated heterocycles. The number of ether oxygens (including phenoxy) is 1. The molecule has 2 rings (SSSR count). The quantitative estimate of drug-likeness (QED) is 0.783. The molecule has 7 heteroatoms. The average Bonchev–Trinajstić information content (AvgIpc) is 2.96. The summed E-state index contributed by atoms with van der Waals surface area (Å²) in [5.74, 6) is 0.0415. The normalized spacial score (nSPS) is 15.4. The fourth-order valence-electron chi connectivity index (χ4n) is 2.07. The molecule has 1 aliphatic heterocycles.